The summed E-state index contributed by atoms with van der Waals surface area (Å²) < 4.78 is 36.5. The van der Waals surface area contributed by atoms with Gasteiger partial charge in [-0.25, -0.2) is 9.18 Å². The molecule has 1 N–H and O–H groups in total. The number of aromatic nitrogens is 1. The van der Waals surface area contributed by atoms with E-state index in [2.05, 4.69) is 10.3 Å². The highest BCUT2D eigenvalue weighted by Gasteiger charge is 2.26. The minimum atomic E-state index is -0.510. The van der Waals surface area contributed by atoms with Crippen LogP contribution in [0, 0.1) is 5.82 Å². The van der Waals surface area contributed by atoms with Crippen LogP contribution in [0.3, 0.4) is 0 Å². The van der Waals surface area contributed by atoms with E-state index in [9.17, 15) is 14.0 Å². The summed E-state index contributed by atoms with van der Waals surface area (Å²) in [4.78, 5) is 31.2. The fourth-order valence-corrected chi connectivity index (χ4v) is 4.70. The second-order valence-electron chi connectivity index (χ2n) is 10.2. The maximum atomic E-state index is 14.4. The van der Waals surface area contributed by atoms with Gasteiger partial charge in [-0.2, -0.15) is 0 Å². The van der Waals surface area contributed by atoms with E-state index in [4.69, 9.17) is 18.9 Å². The summed E-state index contributed by atoms with van der Waals surface area (Å²) in [5.74, 6) is -0.0981. The van der Waals surface area contributed by atoms with Gasteiger partial charge >= 0.3 is 5.97 Å². The molecule has 0 unspecified atom stereocenters. The zero-order chi connectivity index (χ0) is 30.9. The van der Waals surface area contributed by atoms with Crippen molar-refractivity contribution in [2.45, 2.75) is 19.9 Å². The number of pyridine rings is 1. The molecule has 0 radical (unpaired) electrons. The number of rotatable bonds is 13. The summed E-state index contributed by atoms with van der Waals surface area (Å²) in [6.07, 6.45) is 3.68. The predicted octanol–water partition coefficient (Wildman–Crippen LogP) is 4.76. The van der Waals surface area contributed by atoms with E-state index in [0.29, 0.717) is 30.2 Å². The number of hydrogen-bond donors (Lipinski definition) is 1. The number of methoxy groups -OCH3 is 2. The average Bonchev–Trinajstić information content (AvgIpc) is 3.24. The molecule has 43 heavy (non-hydrogen) atoms. The molecule has 1 aliphatic rings. The number of allylic oxidation sites excluding steroid dienone is 2. The molecule has 1 amide bonds. The van der Waals surface area contributed by atoms with Crippen molar-refractivity contribution in [3.63, 3.8) is 0 Å². The van der Waals surface area contributed by atoms with Crippen molar-refractivity contribution in [2.24, 2.45) is 0 Å². The third kappa shape index (κ3) is 7.98. The number of esters is 1. The van der Waals surface area contributed by atoms with Crippen LogP contribution >= 0.6 is 0 Å². The molecule has 0 fully saturated rings. The Morgan fingerprint density at radius 1 is 1.02 bits per heavy atom. The highest BCUT2D eigenvalue weighted by molar-refractivity contribution is 6.08. The lowest BCUT2D eigenvalue weighted by molar-refractivity contribution is -0.146. The minimum absolute atomic E-state index is 0.0799. The molecule has 0 atom stereocenters. The van der Waals surface area contributed by atoms with Gasteiger partial charge in [0.05, 0.1) is 32.9 Å². The van der Waals surface area contributed by atoms with E-state index in [-0.39, 0.29) is 37.1 Å². The molecular weight excluding hydrogens is 553 g/mol. The molecule has 0 saturated heterocycles. The molecule has 0 spiro atoms. The number of nitrogens with one attached hydrogen (secondary N) is 1. The van der Waals surface area contributed by atoms with Gasteiger partial charge in [-0.05, 0) is 96.9 Å². The Labute approximate surface area is 250 Å². The SMILES string of the molecule is COc1cc(/C=C2/C(C)=C(CC(=O)NCc3ccccn3)c3cc(F)ccc32)cc(OC)c1OCC(=O)OCCN(C)C. The average molecular weight is 590 g/mol. The Morgan fingerprint density at radius 2 is 1.77 bits per heavy atom. The van der Waals surface area contributed by atoms with Gasteiger partial charge in [-0.1, -0.05) is 12.1 Å². The Kier molecular flexibility index (Phi) is 10.5. The third-order valence-electron chi connectivity index (χ3n) is 6.91. The van der Waals surface area contributed by atoms with Crippen molar-refractivity contribution in [3.8, 4) is 17.2 Å². The first-order valence-corrected chi connectivity index (χ1v) is 13.8. The van der Waals surface area contributed by atoms with Gasteiger partial charge in [-0.3, -0.25) is 9.78 Å². The molecule has 3 aromatic rings. The molecule has 4 rings (SSSR count). The fraction of sp³-hybridized carbons (Fsp3) is 0.303. The van der Waals surface area contributed by atoms with Crippen LogP contribution in [0.5, 0.6) is 17.2 Å². The molecule has 226 valence electrons. The largest absolute Gasteiger partial charge is 0.493 e. The van der Waals surface area contributed by atoms with Crippen molar-refractivity contribution in [1.29, 1.82) is 0 Å². The lowest BCUT2D eigenvalue weighted by Gasteiger charge is -2.16. The van der Waals surface area contributed by atoms with E-state index in [1.807, 2.05) is 50.2 Å². The van der Waals surface area contributed by atoms with E-state index < -0.39 is 5.97 Å². The molecule has 10 heteroatoms. The van der Waals surface area contributed by atoms with Gasteiger partial charge in [0, 0.05) is 12.7 Å². The monoisotopic (exact) mass is 589 g/mol. The molecule has 1 aromatic heterocycles. The van der Waals surface area contributed by atoms with Gasteiger partial charge in [0.15, 0.2) is 18.1 Å². The van der Waals surface area contributed by atoms with Crippen LogP contribution in [-0.4, -0.2) is 69.8 Å². The lowest BCUT2D eigenvalue weighted by Crippen LogP contribution is -2.23. The molecule has 0 bridgehead atoms. The number of halogens is 1. The normalized spacial score (nSPS) is 13.2. The molecule has 1 heterocycles. The third-order valence-corrected chi connectivity index (χ3v) is 6.91. The van der Waals surface area contributed by atoms with E-state index in [0.717, 1.165) is 33.5 Å². The Bertz CT molecular complexity index is 1510. The molecule has 0 saturated carbocycles. The van der Waals surface area contributed by atoms with Crippen LogP contribution in [0.1, 0.15) is 35.7 Å². The molecular formula is C33H36FN3O6. The first kappa shape index (κ1) is 31.2. The number of fused-ring (bicyclic) bond motifs is 1. The summed E-state index contributed by atoms with van der Waals surface area (Å²) in [7, 11) is 6.77. The topological polar surface area (TPSA) is 99.2 Å². The number of carbonyl (C=O) groups excluding carboxylic acids is 2. The van der Waals surface area contributed by atoms with Gasteiger partial charge in [0.1, 0.15) is 12.4 Å². The van der Waals surface area contributed by atoms with Crippen molar-refractivity contribution < 1.29 is 32.9 Å². The second kappa shape index (κ2) is 14.5. The highest BCUT2D eigenvalue weighted by Crippen LogP contribution is 2.45. The van der Waals surface area contributed by atoms with Crippen LogP contribution in [0.4, 0.5) is 4.39 Å². The van der Waals surface area contributed by atoms with Gasteiger partial charge in [0.2, 0.25) is 11.7 Å². The summed E-state index contributed by atoms with van der Waals surface area (Å²) in [6, 6.07) is 13.6. The summed E-state index contributed by atoms with van der Waals surface area (Å²) in [5, 5.41) is 2.90. The first-order chi connectivity index (χ1) is 20.7. The number of likely N-dealkylation sites (N-methyl/N-ethyl adjacent to an activating group) is 1. The number of benzene rings is 2. The lowest BCUT2D eigenvalue weighted by atomic mass is 10.00. The summed E-state index contributed by atoms with van der Waals surface area (Å²) >= 11 is 0. The number of hydrogen-bond acceptors (Lipinski definition) is 8. The number of ether oxygens (including phenoxy) is 4. The van der Waals surface area contributed by atoms with E-state index in [1.54, 1.807) is 24.4 Å². The van der Waals surface area contributed by atoms with E-state index >= 15 is 0 Å². The quantitative estimate of drug-likeness (QED) is 0.285. The Hall–Kier alpha value is -4.70. The summed E-state index contributed by atoms with van der Waals surface area (Å²) in [6.45, 7) is 2.75. The minimum Gasteiger partial charge on any atom is -0.493 e. The zero-order valence-corrected chi connectivity index (χ0v) is 25.0. The van der Waals surface area contributed by atoms with Crippen LogP contribution in [0.2, 0.25) is 0 Å². The maximum Gasteiger partial charge on any atom is 0.344 e. The van der Waals surface area contributed by atoms with Crippen LogP contribution in [0.25, 0.3) is 17.2 Å². The number of nitrogens with zero attached hydrogens (tertiary/aromatic N) is 2. The number of amides is 1. The van der Waals surface area contributed by atoms with Crippen LogP contribution in [-0.2, 0) is 20.9 Å². The highest BCUT2D eigenvalue weighted by atomic mass is 19.1. The zero-order valence-electron chi connectivity index (χ0n) is 25.0. The van der Waals surface area contributed by atoms with Crippen LogP contribution < -0.4 is 19.5 Å². The van der Waals surface area contributed by atoms with Crippen molar-refractivity contribution >= 4 is 29.1 Å². The van der Waals surface area contributed by atoms with Crippen molar-refractivity contribution in [3.05, 3.63) is 88.5 Å². The van der Waals surface area contributed by atoms with Crippen molar-refractivity contribution in [2.75, 3.05) is 48.1 Å². The molecule has 2 aromatic carbocycles. The van der Waals surface area contributed by atoms with Gasteiger partial charge < -0.3 is 29.2 Å². The number of carbonyl (C=O) groups is 2. The Balaban J connectivity index is 1.59. The fourth-order valence-electron chi connectivity index (χ4n) is 4.70. The first-order valence-electron chi connectivity index (χ1n) is 13.8. The van der Waals surface area contributed by atoms with Gasteiger partial charge in [0.25, 0.3) is 0 Å². The van der Waals surface area contributed by atoms with E-state index in [1.165, 1.54) is 26.4 Å². The standard InChI is InChI=1S/C33H36FN3O6/c1-21-26(14-22-15-29(40-4)33(30(16-22)41-5)43-20-32(39)42-13-12-37(2)3)25-10-9-23(34)17-28(25)27(21)18-31(38)36-19-24-8-6-7-11-35-24/h6-11,14-17H,12-13,18-20H2,1-5H3,(H,36,38)/b26-14-. The smallest absolute Gasteiger partial charge is 0.344 e. The molecule has 1 aliphatic carbocycles. The summed E-state index contributed by atoms with van der Waals surface area (Å²) in [5.41, 5.74) is 5.38. The molecule has 9 nitrogen and oxygen atoms in total. The van der Waals surface area contributed by atoms with Gasteiger partial charge in [-0.15, -0.1) is 0 Å². The maximum absolute atomic E-state index is 14.4. The predicted molar refractivity (Wildman–Crippen MR) is 162 cm³/mol. The van der Waals surface area contributed by atoms with Crippen LogP contribution in [0.15, 0.2) is 60.3 Å². The van der Waals surface area contributed by atoms with Crippen molar-refractivity contribution in [1.82, 2.24) is 15.2 Å². The Morgan fingerprint density at radius 3 is 2.42 bits per heavy atom. The second-order valence-corrected chi connectivity index (χ2v) is 10.2. The molecule has 0 aliphatic heterocycles.